The summed E-state index contributed by atoms with van der Waals surface area (Å²) in [7, 11) is 0. The van der Waals surface area contributed by atoms with Crippen LogP contribution in [0.3, 0.4) is 0 Å². The first-order valence-corrected chi connectivity index (χ1v) is 6.07. The van der Waals surface area contributed by atoms with Gasteiger partial charge in [0.15, 0.2) is 5.02 Å². The number of rotatable bonds is 3. The van der Waals surface area contributed by atoms with Crippen LogP contribution in [0.2, 0.25) is 5.02 Å². The predicted molar refractivity (Wildman–Crippen MR) is 67.1 cm³/mol. The smallest absolute Gasteiger partial charge is 0.358 e. The van der Waals surface area contributed by atoms with Crippen LogP contribution in [0.4, 0.5) is 14.6 Å². The van der Waals surface area contributed by atoms with Gasteiger partial charge in [-0.3, -0.25) is 0 Å². The lowest BCUT2D eigenvalue weighted by molar-refractivity contribution is -0.389. The van der Waals surface area contributed by atoms with Crippen LogP contribution >= 0.6 is 27.5 Å². The molecule has 2 rings (SSSR count). The largest absolute Gasteiger partial charge is 0.408 e. The van der Waals surface area contributed by atoms with Crippen molar-refractivity contribution in [2.24, 2.45) is 0 Å². The summed E-state index contributed by atoms with van der Waals surface area (Å²) in [6.07, 6.45) is 1.14. The molecule has 0 radical (unpaired) electrons. The molecular formula is C10H5BrClF2N3O2. The highest BCUT2D eigenvalue weighted by atomic mass is 79.9. The van der Waals surface area contributed by atoms with E-state index in [1.54, 1.807) is 0 Å². The minimum absolute atomic E-state index is 0.0941. The Bertz CT molecular complexity index is 662. The average Bonchev–Trinajstić information content (AvgIpc) is 2.71. The Morgan fingerprint density at radius 3 is 2.74 bits per heavy atom. The Labute approximate surface area is 119 Å². The summed E-state index contributed by atoms with van der Waals surface area (Å²) in [5.74, 6) is -2.11. The van der Waals surface area contributed by atoms with Crippen molar-refractivity contribution in [1.29, 1.82) is 0 Å². The van der Waals surface area contributed by atoms with E-state index in [0.717, 1.165) is 16.9 Å². The van der Waals surface area contributed by atoms with Crippen LogP contribution in [0, 0.1) is 21.7 Å². The summed E-state index contributed by atoms with van der Waals surface area (Å²) >= 11 is 8.53. The van der Waals surface area contributed by atoms with E-state index < -0.39 is 22.4 Å². The third-order valence-corrected chi connectivity index (χ3v) is 3.21. The standard InChI is InChI=1S/C10H5BrClF2N3O2/c11-6-1-2-8(13)5(9(6)14)3-16-4-7(12)10(15-16)17(18)19/h1-2,4H,3H2. The molecule has 9 heteroatoms. The zero-order valence-electron chi connectivity index (χ0n) is 9.11. The van der Waals surface area contributed by atoms with E-state index in [4.69, 9.17) is 11.6 Å². The first kappa shape index (κ1) is 13.9. The molecule has 0 fully saturated rings. The fourth-order valence-corrected chi connectivity index (χ4v) is 2.06. The second-order valence-corrected chi connectivity index (χ2v) is 4.84. The molecule has 1 aromatic heterocycles. The molecule has 0 unspecified atom stereocenters. The Kier molecular flexibility index (Phi) is 3.81. The third kappa shape index (κ3) is 2.74. The Morgan fingerprint density at radius 2 is 2.16 bits per heavy atom. The monoisotopic (exact) mass is 351 g/mol. The molecule has 0 atom stereocenters. The molecule has 19 heavy (non-hydrogen) atoms. The van der Waals surface area contributed by atoms with Crippen LogP contribution in [-0.4, -0.2) is 14.7 Å². The van der Waals surface area contributed by atoms with Crippen LogP contribution < -0.4 is 0 Å². The van der Waals surface area contributed by atoms with Gasteiger partial charge >= 0.3 is 5.82 Å². The van der Waals surface area contributed by atoms with Crippen molar-refractivity contribution in [3.05, 3.63) is 55.1 Å². The zero-order valence-corrected chi connectivity index (χ0v) is 11.5. The Hall–Kier alpha value is -1.54. The van der Waals surface area contributed by atoms with Gasteiger partial charge in [0.05, 0.1) is 22.3 Å². The maximum atomic E-state index is 13.7. The van der Waals surface area contributed by atoms with Crippen LogP contribution in [0.5, 0.6) is 0 Å². The number of nitrogens with zero attached hydrogens (tertiary/aromatic N) is 3. The summed E-state index contributed by atoms with van der Waals surface area (Å²) in [6, 6.07) is 2.31. The van der Waals surface area contributed by atoms with Gasteiger partial charge in [-0.25, -0.2) is 8.78 Å². The molecule has 0 bridgehead atoms. The highest BCUT2D eigenvalue weighted by Crippen LogP contribution is 2.25. The maximum absolute atomic E-state index is 13.7. The molecule has 0 saturated heterocycles. The number of aromatic nitrogens is 2. The van der Waals surface area contributed by atoms with Crippen molar-refractivity contribution in [3.8, 4) is 0 Å². The van der Waals surface area contributed by atoms with Gasteiger partial charge in [0.2, 0.25) is 0 Å². The van der Waals surface area contributed by atoms with Crippen molar-refractivity contribution in [1.82, 2.24) is 9.78 Å². The fourth-order valence-electron chi connectivity index (χ4n) is 1.47. The van der Waals surface area contributed by atoms with Crippen LogP contribution in [0.25, 0.3) is 0 Å². The molecular weight excluding hydrogens is 347 g/mol. The number of benzene rings is 1. The van der Waals surface area contributed by atoms with Crippen LogP contribution in [-0.2, 0) is 6.54 Å². The third-order valence-electron chi connectivity index (χ3n) is 2.33. The van der Waals surface area contributed by atoms with Gasteiger partial charge in [-0.1, -0.05) is 11.6 Å². The summed E-state index contributed by atoms with van der Waals surface area (Å²) in [6.45, 7) is -0.301. The lowest BCUT2D eigenvalue weighted by Gasteiger charge is -2.04. The number of hydrogen-bond acceptors (Lipinski definition) is 3. The molecule has 1 heterocycles. The van der Waals surface area contributed by atoms with Crippen molar-refractivity contribution in [2.45, 2.75) is 6.54 Å². The normalized spacial score (nSPS) is 10.7. The van der Waals surface area contributed by atoms with E-state index >= 15 is 0 Å². The quantitative estimate of drug-likeness (QED) is 0.482. The molecule has 0 aliphatic carbocycles. The summed E-state index contributed by atoms with van der Waals surface area (Å²) < 4.78 is 28.3. The molecule has 2 aromatic rings. The lowest BCUT2D eigenvalue weighted by atomic mass is 10.2. The Morgan fingerprint density at radius 1 is 1.47 bits per heavy atom. The topological polar surface area (TPSA) is 61.0 Å². The summed E-state index contributed by atoms with van der Waals surface area (Å²) in [5.41, 5.74) is -0.261. The minimum atomic E-state index is -0.783. The molecule has 100 valence electrons. The van der Waals surface area contributed by atoms with E-state index in [9.17, 15) is 18.9 Å². The van der Waals surface area contributed by atoms with E-state index in [0.29, 0.717) is 0 Å². The van der Waals surface area contributed by atoms with E-state index in [1.807, 2.05) is 0 Å². The molecule has 0 spiro atoms. The first-order valence-electron chi connectivity index (χ1n) is 4.90. The highest BCUT2D eigenvalue weighted by molar-refractivity contribution is 9.10. The second-order valence-electron chi connectivity index (χ2n) is 3.58. The summed E-state index contributed by atoms with van der Waals surface area (Å²) in [4.78, 5) is 9.79. The van der Waals surface area contributed by atoms with Crippen molar-refractivity contribution >= 4 is 33.3 Å². The molecule has 0 aliphatic heterocycles. The average molecular weight is 353 g/mol. The summed E-state index contributed by atoms with van der Waals surface area (Å²) in [5, 5.41) is 13.9. The SMILES string of the molecule is O=[N+]([O-])c1nn(Cc2c(F)ccc(Br)c2F)cc1Cl. The van der Waals surface area contributed by atoms with Crippen LogP contribution in [0.15, 0.2) is 22.8 Å². The minimum Gasteiger partial charge on any atom is -0.358 e. The number of hydrogen-bond donors (Lipinski definition) is 0. The molecule has 0 amide bonds. The molecule has 1 aromatic carbocycles. The molecule has 5 nitrogen and oxygen atoms in total. The van der Waals surface area contributed by atoms with E-state index in [1.165, 1.54) is 6.07 Å². The molecule has 0 aliphatic rings. The van der Waals surface area contributed by atoms with Gasteiger partial charge in [0, 0.05) is 5.56 Å². The van der Waals surface area contributed by atoms with Crippen molar-refractivity contribution in [2.75, 3.05) is 0 Å². The molecule has 0 saturated carbocycles. The fraction of sp³-hybridized carbons (Fsp3) is 0.100. The number of halogens is 4. The van der Waals surface area contributed by atoms with Gasteiger partial charge in [0.25, 0.3) is 0 Å². The van der Waals surface area contributed by atoms with Gasteiger partial charge in [0.1, 0.15) is 11.6 Å². The Balaban J connectivity index is 2.39. The van der Waals surface area contributed by atoms with Gasteiger partial charge in [-0.2, -0.15) is 4.68 Å². The van der Waals surface area contributed by atoms with Crippen molar-refractivity contribution in [3.63, 3.8) is 0 Å². The van der Waals surface area contributed by atoms with Gasteiger partial charge in [-0.05, 0) is 33.0 Å². The van der Waals surface area contributed by atoms with Crippen molar-refractivity contribution < 1.29 is 13.7 Å². The lowest BCUT2D eigenvalue weighted by Crippen LogP contribution is -2.06. The highest BCUT2D eigenvalue weighted by Gasteiger charge is 2.21. The predicted octanol–water partition coefficient (Wildman–Crippen LogP) is 3.53. The maximum Gasteiger partial charge on any atom is 0.408 e. The van der Waals surface area contributed by atoms with Crippen LogP contribution in [0.1, 0.15) is 5.56 Å². The van der Waals surface area contributed by atoms with Gasteiger partial charge in [-0.15, -0.1) is 0 Å². The first-order chi connectivity index (χ1) is 8.90. The number of nitro groups is 1. The van der Waals surface area contributed by atoms with Gasteiger partial charge < -0.3 is 10.1 Å². The van der Waals surface area contributed by atoms with E-state index in [-0.39, 0.29) is 21.6 Å². The van der Waals surface area contributed by atoms with E-state index in [2.05, 4.69) is 21.0 Å². The molecule has 0 N–H and O–H groups in total. The second kappa shape index (κ2) is 5.22. The zero-order chi connectivity index (χ0) is 14.2.